The van der Waals surface area contributed by atoms with Crippen LogP contribution in [0.4, 0.5) is 0 Å². The Morgan fingerprint density at radius 3 is 1.82 bits per heavy atom. The molecule has 0 unspecified atom stereocenters. The number of fused-ring (bicyclic) bond motifs is 2. The van der Waals surface area contributed by atoms with E-state index < -0.39 is 16.4 Å². The Balaban J connectivity index is 0.00000427. The number of benzene rings is 6. The van der Waals surface area contributed by atoms with E-state index in [1.165, 1.54) is 20.7 Å². The van der Waals surface area contributed by atoms with Crippen molar-refractivity contribution >= 4 is 63.9 Å². The van der Waals surface area contributed by atoms with Crippen molar-refractivity contribution in [2.75, 3.05) is 0 Å². The molecule has 0 fully saturated rings. The summed E-state index contributed by atoms with van der Waals surface area (Å²) >= 11 is 0. The van der Waals surface area contributed by atoms with Gasteiger partial charge in [-0.1, -0.05) is 182 Å². The number of aryl methyl sites for hydroxylation is 1. The fraction of sp³-hybridized carbons (Fsp3) is 0.106. The molecule has 3 heterocycles. The molecule has 0 aliphatic carbocycles. The van der Waals surface area contributed by atoms with Crippen LogP contribution in [0, 0.1) is 12.4 Å². The first kappa shape index (κ1) is 36.8. The average Bonchev–Trinajstić information content (AvgIpc) is 3.55. The molecule has 0 saturated heterocycles. The first-order valence-electron chi connectivity index (χ1n) is 18.3. The first-order valence-corrected chi connectivity index (χ1v) is 22.3. The third kappa shape index (κ3) is 5.98. The van der Waals surface area contributed by atoms with Gasteiger partial charge in [0.15, 0.2) is 0 Å². The second-order valence-corrected chi connectivity index (χ2v) is 21.9. The summed E-state index contributed by atoms with van der Waals surface area (Å²) in [5.41, 5.74) is 3.95. The summed E-state index contributed by atoms with van der Waals surface area (Å²) in [6, 6.07) is 60.5. The van der Waals surface area contributed by atoms with Crippen LogP contribution in [-0.4, -0.2) is 30.7 Å². The van der Waals surface area contributed by atoms with Gasteiger partial charge in [0.2, 0.25) is 12.2 Å². The molecule has 0 atom stereocenters. The van der Waals surface area contributed by atoms with Crippen LogP contribution in [0.5, 0.6) is 11.6 Å². The van der Waals surface area contributed by atoms with Crippen LogP contribution in [0.1, 0.15) is 26.3 Å². The van der Waals surface area contributed by atoms with Gasteiger partial charge in [-0.15, -0.1) is 17.3 Å². The summed E-state index contributed by atoms with van der Waals surface area (Å²) in [4.78, 5) is 18.1. The second kappa shape index (κ2) is 14.2. The van der Waals surface area contributed by atoms with E-state index in [1.54, 1.807) is 0 Å². The number of hydrogen-bond donors (Lipinski definition) is 1. The SMILES string of the molecule is C[n+]1[c-]n2c3c(cccc31)[Si](c1ccccc1)(c1ccccc1)c1ccc(Oc3cc(C(C)(C)C)cc([Si](O)(c4ccccc4)c4ccccc4)n3)[c-]c1-2.[Pt+2]. The van der Waals surface area contributed by atoms with Crippen LogP contribution in [0.2, 0.25) is 0 Å². The van der Waals surface area contributed by atoms with Crippen molar-refractivity contribution in [3.05, 3.63) is 182 Å². The molecule has 8 aromatic rings. The van der Waals surface area contributed by atoms with Crippen molar-refractivity contribution in [3.63, 3.8) is 0 Å². The van der Waals surface area contributed by atoms with Gasteiger partial charge in [0, 0.05) is 11.8 Å². The molecule has 272 valence electrons. The molecule has 5 nitrogen and oxygen atoms in total. The van der Waals surface area contributed by atoms with Crippen molar-refractivity contribution in [2.24, 2.45) is 7.05 Å². The Hall–Kier alpha value is -5.18. The van der Waals surface area contributed by atoms with E-state index in [4.69, 9.17) is 9.72 Å². The van der Waals surface area contributed by atoms with E-state index in [9.17, 15) is 4.80 Å². The average molecular weight is 930 g/mol. The predicted octanol–water partition coefficient (Wildman–Crippen LogP) is 4.19. The molecular weight excluding hydrogens is 890 g/mol. The van der Waals surface area contributed by atoms with Crippen LogP contribution in [-0.2, 0) is 33.5 Å². The summed E-state index contributed by atoms with van der Waals surface area (Å²) in [6.07, 6.45) is 3.60. The summed E-state index contributed by atoms with van der Waals surface area (Å²) in [5, 5.41) is 7.49. The van der Waals surface area contributed by atoms with E-state index in [0.717, 1.165) is 32.7 Å². The van der Waals surface area contributed by atoms with E-state index in [1.807, 2.05) is 72.8 Å². The zero-order chi connectivity index (χ0) is 37.1. The molecular formula is C47H40N3O2PtSi2+. The number of para-hydroxylation sites is 1. The molecule has 0 amide bonds. The van der Waals surface area contributed by atoms with Crippen LogP contribution < -0.4 is 45.7 Å². The Kier molecular flexibility index (Phi) is 9.46. The normalized spacial score (nSPS) is 13.2. The summed E-state index contributed by atoms with van der Waals surface area (Å²) in [5.74, 6) is 0.966. The topological polar surface area (TPSA) is 51.2 Å². The van der Waals surface area contributed by atoms with E-state index >= 15 is 0 Å². The van der Waals surface area contributed by atoms with Gasteiger partial charge in [-0.05, 0) is 27.4 Å². The van der Waals surface area contributed by atoms with Gasteiger partial charge in [-0.3, -0.25) is 0 Å². The summed E-state index contributed by atoms with van der Waals surface area (Å²) < 4.78 is 11.0. The van der Waals surface area contributed by atoms with Gasteiger partial charge < -0.3 is 18.7 Å². The smallest absolute Gasteiger partial charge is 0.466 e. The van der Waals surface area contributed by atoms with Gasteiger partial charge in [0.05, 0.1) is 23.4 Å². The van der Waals surface area contributed by atoms with Crippen molar-refractivity contribution in [2.45, 2.75) is 26.2 Å². The number of rotatable bonds is 7. The monoisotopic (exact) mass is 929 g/mol. The third-order valence-corrected chi connectivity index (χ3v) is 19.0. The van der Waals surface area contributed by atoms with Gasteiger partial charge in [-0.2, -0.15) is 6.07 Å². The molecule has 9 rings (SSSR count). The van der Waals surface area contributed by atoms with Crippen LogP contribution in [0.15, 0.2) is 164 Å². The van der Waals surface area contributed by atoms with Crippen molar-refractivity contribution in [1.29, 1.82) is 0 Å². The van der Waals surface area contributed by atoms with Crippen LogP contribution in [0.3, 0.4) is 0 Å². The maximum atomic E-state index is 12.9. The number of aromatic nitrogens is 3. The Bertz CT molecular complexity index is 2570. The first-order chi connectivity index (χ1) is 26.2. The fourth-order valence-electron chi connectivity index (χ4n) is 8.18. The second-order valence-electron chi connectivity index (χ2n) is 15.1. The minimum atomic E-state index is -3.53. The third-order valence-electron chi connectivity index (χ3n) is 10.8. The van der Waals surface area contributed by atoms with Crippen LogP contribution >= 0.6 is 0 Å². The Labute approximate surface area is 339 Å². The van der Waals surface area contributed by atoms with Crippen molar-refractivity contribution in [3.8, 4) is 17.3 Å². The van der Waals surface area contributed by atoms with E-state index in [0.29, 0.717) is 16.9 Å². The molecule has 0 radical (unpaired) electrons. The predicted molar refractivity (Wildman–Crippen MR) is 222 cm³/mol. The van der Waals surface area contributed by atoms with Gasteiger partial charge in [-0.25, -0.2) is 4.98 Å². The molecule has 8 heteroatoms. The zero-order valence-corrected chi connectivity index (χ0v) is 35.4. The molecule has 2 aromatic heterocycles. The molecule has 0 saturated carbocycles. The number of nitrogens with zero attached hydrogens (tertiary/aromatic N) is 3. The molecule has 0 bridgehead atoms. The Morgan fingerprint density at radius 1 is 0.691 bits per heavy atom. The maximum absolute atomic E-state index is 12.9. The number of imidazole rings is 1. The number of hydrogen-bond acceptors (Lipinski definition) is 3. The molecule has 0 spiro atoms. The van der Waals surface area contributed by atoms with Gasteiger partial charge in [0.1, 0.15) is 8.07 Å². The fourth-order valence-corrected chi connectivity index (χ4v) is 16.1. The molecule has 1 N–H and O–H groups in total. The molecule has 1 aliphatic rings. The summed E-state index contributed by atoms with van der Waals surface area (Å²) in [6.45, 7) is 6.53. The quantitative estimate of drug-likeness (QED) is 0.149. The van der Waals surface area contributed by atoms with Gasteiger partial charge in [0.25, 0.3) is 0 Å². The molecule has 1 aliphatic heterocycles. The van der Waals surface area contributed by atoms with Gasteiger partial charge >= 0.3 is 29.4 Å². The van der Waals surface area contributed by atoms with Crippen molar-refractivity contribution < 1.29 is 35.2 Å². The van der Waals surface area contributed by atoms with E-state index in [-0.39, 0.29) is 26.5 Å². The molecule has 55 heavy (non-hydrogen) atoms. The maximum Gasteiger partial charge on any atom is 2.00 e. The number of pyridine rings is 1. The van der Waals surface area contributed by atoms with Crippen LogP contribution in [0.25, 0.3) is 16.7 Å². The standard InChI is InChI=1S/C47H40N3O2Si2.Pt/c1-47(2,3)34-30-44(48-45(31-34)54(51,38-22-13-7-14-23-38)39-24-15-8-16-25-39)52-35-28-29-42-41(32-35)50-33-49(4)40-26-17-27-43(46(40)50)53(42,36-18-9-5-10-19-36)37-20-11-6-12-21-37;/h5-31,51H,1-4H3;/q-1;+2. The summed E-state index contributed by atoms with van der Waals surface area (Å²) in [7, 11) is -4.31. The molecule has 6 aromatic carbocycles. The van der Waals surface area contributed by atoms with E-state index in [2.05, 4.69) is 140 Å². The largest absolute Gasteiger partial charge is 2.00 e. The number of ether oxygens (including phenoxy) is 1. The Morgan fingerprint density at radius 2 is 1.25 bits per heavy atom. The zero-order valence-electron chi connectivity index (χ0n) is 31.1. The van der Waals surface area contributed by atoms with Crippen molar-refractivity contribution in [1.82, 2.24) is 9.55 Å². The minimum Gasteiger partial charge on any atom is -0.466 e. The minimum absolute atomic E-state index is 0.